The van der Waals surface area contributed by atoms with Crippen LogP contribution in [0.25, 0.3) is 0 Å². The van der Waals surface area contributed by atoms with Gasteiger partial charge in [-0.25, -0.2) is 4.79 Å². The molecule has 1 saturated carbocycles. The second kappa shape index (κ2) is 5.76. The van der Waals surface area contributed by atoms with E-state index in [9.17, 15) is 9.59 Å². The van der Waals surface area contributed by atoms with Crippen molar-refractivity contribution in [2.75, 3.05) is 13.1 Å². The number of carbonyl (C=O) groups is 2. The molecule has 2 N–H and O–H groups in total. The maximum Gasteiger partial charge on any atom is 0.323 e. The van der Waals surface area contributed by atoms with E-state index < -0.39 is 12.0 Å². The highest BCUT2D eigenvalue weighted by Gasteiger charge is 2.36. The fourth-order valence-electron chi connectivity index (χ4n) is 2.31. The molecule has 1 atom stereocenters. The number of aliphatic carboxylic acids is 1. The third kappa shape index (κ3) is 3.66. The van der Waals surface area contributed by atoms with E-state index in [1.165, 1.54) is 0 Å². The normalized spacial score (nSPS) is 21.1. The first-order chi connectivity index (χ1) is 8.36. The Bertz CT molecular complexity index is 371. The van der Waals surface area contributed by atoms with Crippen LogP contribution in [0.4, 0.5) is 4.79 Å². The first-order valence-corrected chi connectivity index (χ1v) is 6.07. The predicted octanol–water partition coefficient (Wildman–Crippen LogP) is 1.29. The van der Waals surface area contributed by atoms with Crippen molar-refractivity contribution in [1.82, 2.24) is 10.2 Å². The molecule has 5 heteroatoms. The fraction of sp³-hybridized carbons (Fsp3) is 0.692. The molecule has 18 heavy (non-hydrogen) atoms. The third-order valence-corrected chi connectivity index (χ3v) is 3.45. The van der Waals surface area contributed by atoms with E-state index in [1.807, 2.05) is 0 Å². The number of carbonyl (C=O) groups excluding carboxylic acids is 1. The summed E-state index contributed by atoms with van der Waals surface area (Å²) in [5, 5.41) is 11.6. The summed E-state index contributed by atoms with van der Waals surface area (Å²) >= 11 is 0. The average molecular weight is 252 g/mol. The topological polar surface area (TPSA) is 69.6 Å². The molecule has 0 bridgehead atoms. The number of nitrogens with one attached hydrogen (secondary N) is 1. The number of hydrogen-bond acceptors (Lipinski definition) is 2. The maximum atomic E-state index is 12.0. The summed E-state index contributed by atoms with van der Waals surface area (Å²) in [6.07, 6.45) is 8.20. The van der Waals surface area contributed by atoms with Gasteiger partial charge < -0.3 is 15.3 Å². The van der Waals surface area contributed by atoms with Crippen LogP contribution in [-0.2, 0) is 4.79 Å². The molecule has 1 rings (SSSR count). The quantitative estimate of drug-likeness (QED) is 0.741. The van der Waals surface area contributed by atoms with Crippen molar-refractivity contribution < 1.29 is 14.7 Å². The van der Waals surface area contributed by atoms with Gasteiger partial charge in [-0.2, -0.15) is 0 Å². The van der Waals surface area contributed by atoms with Gasteiger partial charge in [0.2, 0.25) is 0 Å². The smallest absolute Gasteiger partial charge is 0.323 e. The molecule has 100 valence electrons. The Morgan fingerprint density at radius 3 is 2.67 bits per heavy atom. The van der Waals surface area contributed by atoms with Gasteiger partial charge in [-0.05, 0) is 18.3 Å². The highest BCUT2D eigenvalue weighted by molar-refractivity contribution is 5.80. The molecule has 5 nitrogen and oxygen atoms in total. The summed E-state index contributed by atoms with van der Waals surface area (Å²) in [6.45, 7) is 3.84. The third-order valence-electron chi connectivity index (χ3n) is 3.45. The molecule has 0 saturated heterocycles. The standard InChI is InChI=1S/C13H20N2O3/c1-4-8-15(9-11(16)17)12(18)14-10-6-5-7-13(10,2)3/h1,10H,5-9H2,2-3H3,(H,14,18)(H,16,17). The van der Waals surface area contributed by atoms with Crippen molar-refractivity contribution in [2.24, 2.45) is 5.41 Å². The largest absolute Gasteiger partial charge is 0.480 e. The minimum atomic E-state index is -1.06. The molecule has 0 aromatic carbocycles. The van der Waals surface area contributed by atoms with Crippen LogP contribution in [0, 0.1) is 17.8 Å². The molecule has 0 aromatic rings. The lowest BCUT2D eigenvalue weighted by atomic mass is 9.87. The molecule has 2 amide bonds. The summed E-state index contributed by atoms with van der Waals surface area (Å²) in [4.78, 5) is 23.8. The van der Waals surface area contributed by atoms with E-state index in [0.717, 1.165) is 24.2 Å². The van der Waals surface area contributed by atoms with Crippen molar-refractivity contribution in [3.8, 4) is 12.3 Å². The maximum absolute atomic E-state index is 12.0. The zero-order valence-electron chi connectivity index (χ0n) is 10.9. The second-order valence-corrected chi connectivity index (χ2v) is 5.34. The molecule has 0 aliphatic heterocycles. The van der Waals surface area contributed by atoms with E-state index in [2.05, 4.69) is 25.1 Å². The number of rotatable bonds is 4. The minimum Gasteiger partial charge on any atom is -0.480 e. The molecule has 0 spiro atoms. The van der Waals surface area contributed by atoms with Crippen LogP contribution in [0.2, 0.25) is 0 Å². The summed E-state index contributed by atoms with van der Waals surface area (Å²) < 4.78 is 0. The summed E-state index contributed by atoms with van der Waals surface area (Å²) in [6, 6.07) is -0.311. The number of terminal acetylenes is 1. The van der Waals surface area contributed by atoms with E-state index in [-0.39, 0.29) is 24.5 Å². The molecular weight excluding hydrogens is 232 g/mol. The summed E-state index contributed by atoms with van der Waals surface area (Å²) in [5.74, 6) is 1.24. The number of urea groups is 1. The lowest BCUT2D eigenvalue weighted by Crippen LogP contribution is -2.49. The molecular formula is C13H20N2O3. The Balaban J connectivity index is 2.61. The Hall–Kier alpha value is -1.70. The van der Waals surface area contributed by atoms with Crippen molar-refractivity contribution in [3.05, 3.63) is 0 Å². The van der Waals surface area contributed by atoms with Crippen LogP contribution in [0.1, 0.15) is 33.1 Å². The van der Waals surface area contributed by atoms with Crippen LogP contribution < -0.4 is 5.32 Å². The van der Waals surface area contributed by atoms with Gasteiger partial charge in [0, 0.05) is 6.04 Å². The lowest BCUT2D eigenvalue weighted by molar-refractivity contribution is -0.137. The molecule has 1 aliphatic rings. The Morgan fingerprint density at radius 1 is 1.56 bits per heavy atom. The van der Waals surface area contributed by atoms with Gasteiger partial charge in [0.1, 0.15) is 6.54 Å². The van der Waals surface area contributed by atoms with Crippen molar-refractivity contribution in [3.63, 3.8) is 0 Å². The molecule has 0 heterocycles. The van der Waals surface area contributed by atoms with E-state index >= 15 is 0 Å². The molecule has 0 radical (unpaired) electrons. The zero-order valence-corrected chi connectivity index (χ0v) is 10.9. The van der Waals surface area contributed by atoms with Gasteiger partial charge in [0.15, 0.2) is 0 Å². The van der Waals surface area contributed by atoms with Crippen molar-refractivity contribution >= 4 is 12.0 Å². The number of carboxylic acid groups (broad SMARTS) is 1. The number of carboxylic acids is 1. The van der Waals surface area contributed by atoms with Gasteiger partial charge in [0.25, 0.3) is 0 Å². The minimum absolute atomic E-state index is 0.00524. The van der Waals surface area contributed by atoms with Gasteiger partial charge >= 0.3 is 12.0 Å². The first-order valence-electron chi connectivity index (χ1n) is 6.07. The molecule has 0 aromatic heterocycles. The summed E-state index contributed by atoms with van der Waals surface area (Å²) in [7, 11) is 0. The van der Waals surface area contributed by atoms with E-state index in [0.29, 0.717) is 0 Å². The second-order valence-electron chi connectivity index (χ2n) is 5.34. The van der Waals surface area contributed by atoms with Crippen LogP contribution in [0.15, 0.2) is 0 Å². The monoisotopic (exact) mass is 252 g/mol. The Kier molecular flexibility index (Phi) is 4.60. The van der Waals surface area contributed by atoms with E-state index in [1.54, 1.807) is 0 Å². The van der Waals surface area contributed by atoms with Gasteiger partial charge in [-0.3, -0.25) is 4.79 Å². The SMILES string of the molecule is C#CCN(CC(=O)O)C(=O)NC1CCCC1(C)C. The lowest BCUT2D eigenvalue weighted by Gasteiger charge is -2.30. The van der Waals surface area contributed by atoms with Crippen molar-refractivity contribution in [2.45, 2.75) is 39.2 Å². The average Bonchev–Trinajstić information content (AvgIpc) is 2.57. The highest BCUT2D eigenvalue weighted by atomic mass is 16.4. The first kappa shape index (κ1) is 14.4. The van der Waals surface area contributed by atoms with E-state index in [4.69, 9.17) is 11.5 Å². The van der Waals surface area contributed by atoms with Crippen LogP contribution in [0.3, 0.4) is 0 Å². The van der Waals surface area contributed by atoms with Crippen LogP contribution in [-0.4, -0.2) is 41.1 Å². The number of nitrogens with zero attached hydrogens (tertiary/aromatic N) is 1. The Morgan fingerprint density at radius 2 is 2.22 bits per heavy atom. The highest BCUT2D eigenvalue weighted by Crippen LogP contribution is 2.37. The fourth-order valence-corrected chi connectivity index (χ4v) is 2.31. The van der Waals surface area contributed by atoms with Crippen molar-refractivity contribution in [1.29, 1.82) is 0 Å². The van der Waals surface area contributed by atoms with Gasteiger partial charge in [-0.15, -0.1) is 6.42 Å². The van der Waals surface area contributed by atoms with Gasteiger partial charge in [0.05, 0.1) is 6.54 Å². The van der Waals surface area contributed by atoms with Crippen LogP contribution >= 0.6 is 0 Å². The summed E-state index contributed by atoms with van der Waals surface area (Å²) in [5.41, 5.74) is 0.0562. The van der Waals surface area contributed by atoms with Crippen LogP contribution in [0.5, 0.6) is 0 Å². The number of amides is 2. The zero-order chi connectivity index (χ0) is 13.8. The molecule has 1 aliphatic carbocycles. The van der Waals surface area contributed by atoms with Gasteiger partial charge in [-0.1, -0.05) is 26.2 Å². The Labute approximate surface area is 108 Å². The molecule has 1 fully saturated rings. The molecule has 1 unspecified atom stereocenters. The number of hydrogen-bond donors (Lipinski definition) is 2. The predicted molar refractivity (Wildman–Crippen MR) is 68.0 cm³/mol.